The standard InChI is InChI=1S/C16H23NO4/c1-5-20-14(18)16(12(3)4,15(19)21-6-2)11-13-9-7-8-10-17-13/h7-10,12H,5-6,11H2,1-4H3. The molecule has 0 aliphatic rings. The third kappa shape index (κ3) is 3.80. The van der Waals surface area contributed by atoms with Crippen molar-refractivity contribution < 1.29 is 19.1 Å². The minimum atomic E-state index is -1.36. The van der Waals surface area contributed by atoms with Crippen molar-refractivity contribution in [3.63, 3.8) is 0 Å². The summed E-state index contributed by atoms with van der Waals surface area (Å²) in [5.41, 5.74) is -0.701. The third-order valence-corrected chi connectivity index (χ3v) is 3.45. The maximum atomic E-state index is 12.5. The summed E-state index contributed by atoms with van der Waals surface area (Å²) < 4.78 is 10.3. The van der Waals surface area contributed by atoms with Crippen LogP contribution in [0.2, 0.25) is 0 Å². The summed E-state index contributed by atoms with van der Waals surface area (Å²) in [5, 5.41) is 0. The Balaban J connectivity index is 3.23. The van der Waals surface area contributed by atoms with Crippen LogP contribution in [-0.2, 0) is 25.5 Å². The second-order valence-corrected chi connectivity index (χ2v) is 5.06. The third-order valence-electron chi connectivity index (χ3n) is 3.45. The number of carbonyl (C=O) groups is 2. The van der Waals surface area contributed by atoms with E-state index in [9.17, 15) is 9.59 Å². The van der Waals surface area contributed by atoms with Crippen molar-refractivity contribution in [3.8, 4) is 0 Å². The number of pyridine rings is 1. The molecule has 116 valence electrons. The van der Waals surface area contributed by atoms with Gasteiger partial charge in [-0.15, -0.1) is 0 Å². The van der Waals surface area contributed by atoms with Gasteiger partial charge in [0.05, 0.1) is 13.2 Å². The molecule has 1 aromatic heterocycles. The van der Waals surface area contributed by atoms with E-state index in [1.54, 1.807) is 32.2 Å². The second kappa shape index (κ2) is 7.76. The molecule has 0 saturated carbocycles. The van der Waals surface area contributed by atoms with Gasteiger partial charge in [0.15, 0.2) is 5.41 Å². The molecule has 0 atom stereocenters. The molecule has 0 radical (unpaired) electrons. The molecule has 0 saturated heterocycles. The normalized spacial score (nSPS) is 11.3. The van der Waals surface area contributed by atoms with E-state index in [0.29, 0.717) is 5.69 Å². The molecule has 0 fully saturated rings. The molecule has 0 aromatic carbocycles. The van der Waals surface area contributed by atoms with Gasteiger partial charge in [0.1, 0.15) is 0 Å². The first-order chi connectivity index (χ1) is 9.98. The van der Waals surface area contributed by atoms with Crippen LogP contribution >= 0.6 is 0 Å². The largest absolute Gasteiger partial charge is 0.465 e. The Morgan fingerprint density at radius 1 is 1.14 bits per heavy atom. The first kappa shape index (κ1) is 17.1. The molecule has 0 amide bonds. The SMILES string of the molecule is CCOC(=O)C(Cc1ccccn1)(C(=O)OCC)C(C)C. The lowest BCUT2D eigenvalue weighted by Gasteiger charge is -2.32. The second-order valence-electron chi connectivity index (χ2n) is 5.06. The van der Waals surface area contributed by atoms with Gasteiger partial charge in [-0.2, -0.15) is 0 Å². The summed E-state index contributed by atoms with van der Waals surface area (Å²) in [6.45, 7) is 7.50. The van der Waals surface area contributed by atoms with Gasteiger partial charge < -0.3 is 9.47 Å². The summed E-state index contributed by atoms with van der Waals surface area (Å²) in [6, 6.07) is 5.40. The lowest BCUT2D eigenvalue weighted by Crippen LogP contribution is -2.48. The van der Waals surface area contributed by atoms with E-state index < -0.39 is 17.4 Å². The van der Waals surface area contributed by atoms with Gasteiger partial charge in [-0.1, -0.05) is 19.9 Å². The maximum absolute atomic E-state index is 12.5. The number of rotatable bonds is 7. The number of ether oxygens (including phenoxy) is 2. The van der Waals surface area contributed by atoms with E-state index in [4.69, 9.17) is 9.47 Å². The smallest absolute Gasteiger partial charge is 0.324 e. The zero-order valence-corrected chi connectivity index (χ0v) is 13.1. The number of aromatic nitrogens is 1. The van der Waals surface area contributed by atoms with E-state index in [2.05, 4.69) is 4.98 Å². The quantitative estimate of drug-likeness (QED) is 0.570. The Morgan fingerprint density at radius 3 is 2.10 bits per heavy atom. The van der Waals surface area contributed by atoms with Crippen LogP contribution in [0, 0.1) is 11.3 Å². The number of hydrogen-bond acceptors (Lipinski definition) is 5. The van der Waals surface area contributed by atoms with Crippen molar-refractivity contribution in [2.75, 3.05) is 13.2 Å². The maximum Gasteiger partial charge on any atom is 0.324 e. The Morgan fingerprint density at radius 2 is 1.71 bits per heavy atom. The van der Waals surface area contributed by atoms with E-state index in [1.165, 1.54) is 0 Å². The van der Waals surface area contributed by atoms with Gasteiger partial charge in [-0.05, 0) is 31.9 Å². The van der Waals surface area contributed by atoms with Crippen LogP contribution in [0.4, 0.5) is 0 Å². The molecule has 1 aromatic rings. The van der Waals surface area contributed by atoms with Crippen molar-refractivity contribution in [1.82, 2.24) is 4.98 Å². The molecule has 1 rings (SSSR count). The van der Waals surface area contributed by atoms with Gasteiger partial charge >= 0.3 is 11.9 Å². The first-order valence-corrected chi connectivity index (χ1v) is 7.23. The summed E-state index contributed by atoms with van der Waals surface area (Å²) >= 11 is 0. The van der Waals surface area contributed by atoms with Gasteiger partial charge in [-0.3, -0.25) is 14.6 Å². The fourth-order valence-corrected chi connectivity index (χ4v) is 2.21. The van der Waals surface area contributed by atoms with E-state index in [0.717, 1.165) is 0 Å². The molecular formula is C16H23NO4. The molecule has 5 nitrogen and oxygen atoms in total. The lowest BCUT2D eigenvalue weighted by atomic mass is 9.73. The molecule has 0 aliphatic carbocycles. The molecule has 21 heavy (non-hydrogen) atoms. The fourth-order valence-electron chi connectivity index (χ4n) is 2.21. The van der Waals surface area contributed by atoms with E-state index in [1.807, 2.05) is 19.9 Å². The topological polar surface area (TPSA) is 65.5 Å². The molecule has 0 N–H and O–H groups in total. The van der Waals surface area contributed by atoms with Gasteiger partial charge in [0.2, 0.25) is 0 Å². The summed E-state index contributed by atoms with van der Waals surface area (Å²) in [6.07, 6.45) is 1.81. The minimum absolute atomic E-state index is 0.170. The monoisotopic (exact) mass is 293 g/mol. The summed E-state index contributed by atoms with van der Waals surface area (Å²) in [5.74, 6) is -1.37. The van der Waals surface area contributed by atoms with E-state index in [-0.39, 0.29) is 25.6 Å². The molecule has 0 aliphatic heterocycles. The predicted octanol–water partition coefficient (Wildman–Crippen LogP) is 2.39. The molecule has 5 heteroatoms. The highest BCUT2D eigenvalue weighted by Crippen LogP contribution is 2.35. The van der Waals surface area contributed by atoms with Crippen molar-refractivity contribution in [1.29, 1.82) is 0 Å². The number of hydrogen-bond donors (Lipinski definition) is 0. The predicted molar refractivity (Wildman–Crippen MR) is 78.5 cm³/mol. The minimum Gasteiger partial charge on any atom is -0.465 e. The zero-order chi connectivity index (χ0) is 15.9. The number of carbonyl (C=O) groups excluding carboxylic acids is 2. The van der Waals surface area contributed by atoms with E-state index >= 15 is 0 Å². The molecule has 0 spiro atoms. The van der Waals surface area contributed by atoms with Crippen molar-refractivity contribution in [2.24, 2.45) is 11.3 Å². The Hall–Kier alpha value is -1.91. The highest BCUT2D eigenvalue weighted by atomic mass is 16.6. The molecule has 0 unspecified atom stereocenters. The Labute approximate surface area is 125 Å². The molecule has 0 bridgehead atoms. The summed E-state index contributed by atoms with van der Waals surface area (Å²) in [7, 11) is 0. The average molecular weight is 293 g/mol. The molecule has 1 heterocycles. The lowest BCUT2D eigenvalue weighted by molar-refractivity contribution is -0.176. The fraction of sp³-hybridized carbons (Fsp3) is 0.562. The summed E-state index contributed by atoms with van der Waals surface area (Å²) in [4.78, 5) is 29.2. The highest BCUT2D eigenvalue weighted by Gasteiger charge is 2.51. The van der Waals surface area contributed by atoms with Gasteiger partial charge in [0, 0.05) is 18.3 Å². The van der Waals surface area contributed by atoms with Gasteiger partial charge in [0.25, 0.3) is 0 Å². The molecular weight excluding hydrogens is 270 g/mol. The average Bonchev–Trinajstić information content (AvgIpc) is 2.45. The van der Waals surface area contributed by atoms with Crippen LogP contribution in [0.25, 0.3) is 0 Å². The Bertz CT molecular complexity index is 452. The van der Waals surface area contributed by atoms with Crippen LogP contribution in [0.15, 0.2) is 24.4 Å². The van der Waals surface area contributed by atoms with Crippen molar-refractivity contribution in [3.05, 3.63) is 30.1 Å². The van der Waals surface area contributed by atoms with Crippen molar-refractivity contribution >= 4 is 11.9 Å². The highest BCUT2D eigenvalue weighted by molar-refractivity contribution is 6.00. The zero-order valence-electron chi connectivity index (χ0n) is 13.1. The van der Waals surface area contributed by atoms with Crippen LogP contribution < -0.4 is 0 Å². The van der Waals surface area contributed by atoms with Crippen molar-refractivity contribution in [2.45, 2.75) is 34.1 Å². The first-order valence-electron chi connectivity index (χ1n) is 7.23. The number of nitrogens with zero attached hydrogens (tertiary/aromatic N) is 1. The van der Waals surface area contributed by atoms with Crippen LogP contribution in [0.3, 0.4) is 0 Å². The van der Waals surface area contributed by atoms with Crippen LogP contribution in [0.5, 0.6) is 0 Å². The Kier molecular flexibility index (Phi) is 6.34. The number of esters is 2. The van der Waals surface area contributed by atoms with Gasteiger partial charge in [-0.25, -0.2) is 0 Å². The van der Waals surface area contributed by atoms with Crippen LogP contribution in [0.1, 0.15) is 33.4 Å². The van der Waals surface area contributed by atoms with Crippen LogP contribution in [-0.4, -0.2) is 30.1 Å².